The van der Waals surface area contributed by atoms with Gasteiger partial charge in [-0.15, -0.1) is 0 Å². The van der Waals surface area contributed by atoms with Gasteiger partial charge in [0, 0.05) is 31.5 Å². The third-order valence-electron chi connectivity index (χ3n) is 5.46. The Morgan fingerprint density at radius 1 is 1.00 bits per heavy atom. The fourth-order valence-corrected chi connectivity index (χ4v) is 3.68. The van der Waals surface area contributed by atoms with Crippen LogP contribution in [0.1, 0.15) is 53.2 Å². The third-order valence-corrected chi connectivity index (χ3v) is 5.46. The van der Waals surface area contributed by atoms with Gasteiger partial charge >= 0.3 is 0 Å². The van der Waals surface area contributed by atoms with Crippen molar-refractivity contribution in [1.82, 2.24) is 10.2 Å². The van der Waals surface area contributed by atoms with Crippen molar-refractivity contribution in [2.24, 2.45) is 0 Å². The monoisotopic (exact) mass is 410 g/mol. The Morgan fingerprint density at radius 2 is 1.73 bits per heavy atom. The third kappa shape index (κ3) is 5.75. The maximum absolute atomic E-state index is 12.9. The number of halogens is 1. The van der Waals surface area contributed by atoms with Crippen molar-refractivity contribution in [3.8, 4) is 0 Å². The molecule has 2 aromatic carbocycles. The van der Waals surface area contributed by atoms with Gasteiger partial charge in [0.05, 0.1) is 6.54 Å². The minimum absolute atomic E-state index is 0.0464. The molecule has 2 amide bonds. The highest BCUT2D eigenvalue weighted by Gasteiger charge is 2.18. The summed E-state index contributed by atoms with van der Waals surface area (Å²) in [7, 11) is 0. The molecule has 0 atom stereocenters. The summed E-state index contributed by atoms with van der Waals surface area (Å²) in [6.45, 7) is 2.38. The number of aryl methyl sites for hydroxylation is 2. The average molecular weight is 410 g/mol. The summed E-state index contributed by atoms with van der Waals surface area (Å²) in [6.07, 6.45) is 3.41. The predicted molar refractivity (Wildman–Crippen MR) is 113 cm³/mol. The normalized spacial score (nSPS) is 12.3. The molecule has 1 N–H and O–H groups in total. The van der Waals surface area contributed by atoms with Gasteiger partial charge in [0.25, 0.3) is 0 Å². The van der Waals surface area contributed by atoms with Gasteiger partial charge in [0.1, 0.15) is 5.82 Å². The van der Waals surface area contributed by atoms with Gasteiger partial charge in [-0.25, -0.2) is 4.39 Å². The number of nitrogens with one attached hydrogen (secondary N) is 1. The SMILES string of the molecule is CCN(CC(=O)NCc1ccc(F)cc1)C(=O)CCC(=O)c1ccc2c(c1)CCC2. The van der Waals surface area contributed by atoms with Crippen LogP contribution in [0.3, 0.4) is 0 Å². The number of benzene rings is 2. The minimum atomic E-state index is -0.331. The van der Waals surface area contributed by atoms with Crippen LogP contribution >= 0.6 is 0 Å². The molecule has 0 aromatic heterocycles. The van der Waals surface area contributed by atoms with Crippen LogP contribution in [-0.4, -0.2) is 35.6 Å². The number of carbonyl (C=O) groups excluding carboxylic acids is 3. The van der Waals surface area contributed by atoms with E-state index in [9.17, 15) is 18.8 Å². The Labute approximate surface area is 176 Å². The molecule has 1 aliphatic rings. The lowest BCUT2D eigenvalue weighted by molar-refractivity contribution is -0.135. The lowest BCUT2D eigenvalue weighted by atomic mass is 10.0. The molecule has 1 aliphatic carbocycles. The van der Waals surface area contributed by atoms with Crippen LogP contribution < -0.4 is 5.32 Å². The van der Waals surface area contributed by atoms with E-state index >= 15 is 0 Å². The molecule has 0 radical (unpaired) electrons. The topological polar surface area (TPSA) is 66.5 Å². The van der Waals surface area contributed by atoms with E-state index in [1.54, 1.807) is 19.1 Å². The summed E-state index contributed by atoms with van der Waals surface area (Å²) < 4.78 is 12.9. The van der Waals surface area contributed by atoms with Gasteiger partial charge in [0.2, 0.25) is 11.8 Å². The maximum atomic E-state index is 12.9. The molecule has 0 spiro atoms. The minimum Gasteiger partial charge on any atom is -0.350 e. The average Bonchev–Trinajstić information content (AvgIpc) is 3.23. The quantitative estimate of drug-likeness (QED) is 0.644. The first-order chi connectivity index (χ1) is 14.5. The first kappa shape index (κ1) is 21.7. The molecular formula is C24H27FN2O3. The number of fused-ring (bicyclic) bond motifs is 1. The van der Waals surface area contributed by atoms with E-state index in [4.69, 9.17) is 0 Å². The number of carbonyl (C=O) groups is 3. The second kappa shape index (κ2) is 10.1. The Bertz CT molecular complexity index is 925. The van der Waals surface area contributed by atoms with Crippen molar-refractivity contribution >= 4 is 17.6 Å². The van der Waals surface area contributed by atoms with Gasteiger partial charge in [0.15, 0.2) is 5.78 Å². The van der Waals surface area contributed by atoms with E-state index in [-0.39, 0.29) is 49.3 Å². The fraction of sp³-hybridized carbons (Fsp3) is 0.375. The zero-order chi connectivity index (χ0) is 21.5. The molecule has 158 valence electrons. The zero-order valence-electron chi connectivity index (χ0n) is 17.2. The highest BCUT2D eigenvalue weighted by atomic mass is 19.1. The Balaban J connectivity index is 1.46. The van der Waals surface area contributed by atoms with Crippen LogP contribution in [0.2, 0.25) is 0 Å². The fourth-order valence-electron chi connectivity index (χ4n) is 3.68. The number of hydrogen-bond donors (Lipinski definition) is 1. The van der Waals surface area contributed by atoms with Crippen molar-refractivity contribution in [3.05, 3.63) is 70.5 Å². The zero-order valence-corrected chi connectivity index (χ0v) is 17.2. The molecular weight excluding hydrogens is 383 g/mol. The molecule has 0 heterocycles. The number of Topliss-reactive ketones (excluding diaryl/α,β-unsaturated/α-hetero) is 1. The highest BCUT2D eigenvalue weighted by molar-refractivity contribution is 5.98. The van der Waals surface area contributed by atoms with E-state index in [1.807, 2.05) is 18.2 Å². The number of rotatable bonds is 9. The van der Waals surface area contributed by atoms with Crippen molar-refractivity contribution in [3.63, 3.8) is 0 Å². The first-order valence-electron chi connectivity index (χ1n) is 10.4. The first-order valence-corrected chi connectivity index (χ1v) is 10.4. The van der Waals surface area contributed by atoms with Gasteiger partial charge in [-0.1, -0.05) is 24.3 Å². The molecule has 3 rings (SSSR count). The Morgan fingerprint density at radius 3 is 2.47 bits per heavy atom. The molecule has 5 nitrogen and oxygen atoms in total. The molecule has 0 fully saturated rings. The van der Waals surface area contributed by atoms with Crippen molar-refractivity contribution in [1.29, 1.82) is 0 Å². The second-order valence-corrected chi connectivity index (χ2v) is 7.57. The van der Waals surface area contributed by atoms with E-state index in [1.165, 1.54) is 28.2 Å². The molecule has 0 aliphatic heterocycles. The predicted octanol–water partition coefficient (Wildman–Crippen LogP) is 3.44. The van der Waals surface area contributed by atoms with Crippen molar-refractivity contribution in [2.45, 2.75) is 45.6 Å². The van der Waals surface area contributed by atoms with E-state index in [2.05, 4.69) is 5.32 Å². The van der Waals surface area contributed by atoms with Crippen LogP contribution in [0.4, 0.5) is 4.39 Å². The summed E-state index contributed by atoms with van der Waals surface area (Å²) in [4.78, 5) is 38.6. The number of nitrogens with zero attached hydrogens (tertiary/aromatic N) is 1. The van der Waals surface area contributed by atoms with Crippen LogP contribution in [0.25, 0.3) is 0 Å². The molecule has 30 heavy (non-hydrogen) atoms. The van der Waals surface area contributed by atoms with Crippen LogP contribution in [0, 0.1) is 5.82 Å². The highest BCUT2D eigenvalue weighted by Crippen LogP contribution is 2.23. The number of ketones is 1. The molecule has 0 saturated carbocycles. The molecule has 0 saturated heterocycles. The van der Waals surface area contributed by atoms with Crippen LogP contribution in [0.5, 0.6) is 0 Å². The Hall–Kier alpha value is -3.02. The molecule has 6 heteroatoms. The summed E-state index contributed by atoms with van der Waals surface area (Å²) in [6, 6.07) is 11.7. The largest absolute Gasteiger partial charge is 0.350 e. The summed E-state index contributed by atoms with van der Waals surface area (Å²) in [5, 5.41) is 2.73. The van der Waals surface area contributed by atoms with Gasteiger partial charge in [-0.05, 0) is 61.1 Å². The number of amides is 2. The smallest absolute Gasteiger partial charge is 0.239 e. The number of likely N-dealkylation sites (N-methyl/N-ethyl adjacent to an activating group) is 1. The van der Waals surface area contributed by atoms with Crippen molar-refractivity contribution < 1.29 is 18.8 Å². The molecule has 0 unspecified atom stereocenters. The summed E-state index contributed by atoms with van der Waals surface area (Å²) >= 11 is 0. The molecule has 0 bridgehead atoms. The van der Waals surface area contributed by atoms with Gasteiger partial charge in [-0.2, -0.15) is 0 Å². The van der Waals surface area contributed by atoms with Gasteiger partial charge in [-0.3, -0.25) is 14.4 Å². The van der Waals surface area contributed by atoms with Gasteiger partial charge < -0.3 is 10.2 Å². The standard InChI is InChI=1S/C24H27FN2O3/c1-2-27(16-23(29)26-15-17-6-10-21(25)11-7-17)24(30)13-12-22(28)20-9-8-18-4-3-5-19(18)14-20/h6-11,14H,2-5,12-13,15-16H2,1H3,(H,26,29). The van der Waals surface area contributed by atoms with Crippen LogP contribution in [0.15, 0.2) is 42.5 Å². The molecule has 2 aromatic rings. The maximum Gasteiger partial charge on any atom is 0.239 e. The Kier molecular flexibility index (Phi) is 7.33. The van der Waals surface area contributed by atoms with Crippen molar-refractivity contribution in [2.75, 3.05) is 13.1 Å². The summed E-state index contributed by atoms with van der Waals surface area (Å²) in [5.41, 5.74) is 3.98. The van der Waals surface area contributed by atoms with E-state index < -0.39 is 0 Å². The summed E-state index contributed by atoms with van der Waals surface area (Å²) in [5.74, 6) is -0.888. The van der Waals surface area contributed by atoms with Crippen LogP contribution in [-0.2, 0) is 29.0 Å². The second-order valence-electron chi connectivity index (χ2n) is 7.57. The lowest BCUT2D eigenvalue weighted by Gasteiger charge is -2.20. The lowest BCUT2D eigenvalue weighted by Crippen LogP contribution is -2.40. The van der Waals surface area contributed by atoms with E-state index in [0.717, 1.165) is 24.8 Å². The van der Waals surface area contributed by atoms with E-state index in [0.29, 0.717) is 12.1 Å². The number of hydrogen-bond acceptors (Lipinski definition) is 3.